The van der Waals surface area contributed by atoms with Crippen molar-refractivity contribution < 1.29 is 14.3 Å². The van der Waals surface area contributed by atoms with Crippen LogP contribution in [0.3, 0.4) is 0 Å². The van der Waals surface area contributed by atoms with E-state index in [4.69, 9.17) is 9.47 Å². The van der Waals surface area contributed by atoms with Crippen LogP contribution in [-0.4, -0.2) is 38.3 Å². The van der Waals surface area contributed by atoms with Crippen molar-refractivity contribution >= 4 is 11.6 Å². The van der Waals surface area contributed by atoms with Gasteiger partial charge in [-0.15, -0.1) is 0 Å². The SMILES string of the molecule is O=C(CC1COCCN1)Nc1cccc(COCCc2ccccc2)c1. The fraction of sp³-hybridized carbons (Fsp3) is 0.381. The molecule has 3 rings (SSSR count). The first-order valence-corrected chi connectivity index (χ1v) is 9.11. The molecule has 138 valence electrons. The smallest absolute Gasteiger partial charge is 0.226 e. The molecule has 0 saturated carbocycles. The number of carbonyl (C=O) groups is 1. The third kappa shape index (κ3) is 6.26. The van der Waals surface area contributed by atoms with Gasteiger partial charge in [-0.25, -0.2) is 0 Å². The van der Waals surface area contributed by atoms with Crippen LogP contribution in [0.5, 0.6) is 0 Å². The number of benzene rings is 2. The second-order valence-electron chi connectivity index (χ2n) is 6.47. The van der Waals surface area contributed by atoms with E-state index in [-0.39, 0.29) is 11.9 Å². The number of hydrogen-bond acceptors (Lipinski definition) is 4. The minimum Gasteiger partial charge on any atom is -0.378 e. The Labute approximate surface area is 154 Å². The Kier molecular flexibility index (Phi) is 7.19. The van der Waals surface area contributed by atoms with Crippen LogP contribution in [0.25, 0.3) is 0 Å². The Balaban J connectivity index is 1.41. The number of carbonyl (C=O) groups excluding carboxylic acids is 1. The van der Waals surface area contributed by atoms with Crippen LogP contribution < -0.4 is 10.6 Å². The summed E-state index contributed by atoms with van der Waals surface area (Å²) in [6.07, 6.45) is 1.31. The van der Waals surface area contributed by atoms with Crippen molar-refractivity contribution in [2.75, 3.05) is 31.7 Å². The first-order chi connectivity index (χ1) is 12.8. The lowest BCUT2D eigenvalue weighted by Gasteiger charge is -2.23. The van der Waals surface area contributed by atoms with Gasteiger partial charge in [-0.1, -0.05) is 42.5 Å². The molecule has 1 atom stereocenters. The first kappa shape index (κ1) is 18.6. The number of ether oxygens (including phenoxy) is 2. The Morgan fingerprint density at radius 3 is 2.81 bits per heavy atom. The Morgan fingerprint density at radius 2 is 2.00 bits per heavy atom. The molecule has 2 aromatic carbocycles. The molecule has 1 aliphatic rings. The lowest BCUT2D eigenvalue weighted by atomic mass is 10.1. The maximum atomic E-state index is 12.2. The molecule has 0 radical (unpaired) electrons. The molecule has 1 fully saturated rings. The third-order valence-electron chi connectivity index (χ3n) is 4.29. The molecule has 0 spiro atoms. The number of morpholine rings is 1. The number of amides is 1. The normalized spacial score (nSPS) is 17.0. The fourth-order valence-electron chi connectivity index (χ4n) is 2.95. The molecular formula is C21H26N2O3. The van der Waals surface area contributed by atoms with E-state index < -0.39 is 0 Å². The number of anilines is 1. The van der Waals surface area contributed by atoms with Crippen LogP contribution in [0, 0.1) is 0 Å². The van der Waals surface area contributed by atoms with Crippen molar-refractivity contribution in [3.63, 3.8) is 0 Å². The molecule has 0 aromatic heterocycles. The highest BCUT2D eigenvalue weighted by molar-refractivity contribution is 5.91. The Hall–Kier alpha value is -2.21. The number of nitrogens with one attached hydrogen (secondary N) is 2. The van der Waals surface area contributed by atoms with E-state index in [2.05, 4.69) is 22.8 Å². The molecule has 1 unspecified atom stereocenters. The highest BCUT2D eigenvalue weighted by Gasteiger charge is 2.16. The van der Waals surface area contributed by atoms with Gasteiger partial charge in [0.15, 0.2) is 0 Å². The largest absolute Gasteiger partial charge is 0.378 e. The summed E-state index contributed by atoms with van der Waals surface area (Å²) >= 11 is 0. The van der Waals surface area contributed by atoms with Gasteiger partial charge in [-0.3, -0.25) is 4.79 Å². The molecule has 1 amide bonds. The Bertz CT molecular complexity index is 685. The van der Waals surface area contributed by atoms with Crippen molar-refractivity contribution in [3.05, 3.63) is 65.7 Å². The van der Waals surface area contributed by atoms with E-state index in [1.54, 1.807) is 0 Å². The van der Waals surface area contributed by atoms with Crippen LogP contribution >= 0.6 is 0 Å². The number of rotatable bonds is 8. The van der Waals surface area contributed by atoms with Crippen LogP contribution in [0.2, 0.25) is 0 Å². The van der Waals surface area contributed by atoms with Gasteiger partial charge in [0.1, 0.15) is 0 Å². The van der Waals surface area contributed by atoms with Gasteiger partial charge in [-0.2, -0.15) is 0 Å². The molecule has 1 saturated heterocycles. The molecule has 2 N–H and O–H groups in total. The van der Waals surface area contributed by atoms with Gasteiger partial charge in [-0.05, 0) is 29.7 Å². The van der Waals surface area contributed by atoms with Crippen LogP contribution in [0.4, 0.5) is 5.69 Å². The monoisotopic (exact) mass is 354 g/mol. The van der Waals surface area contributed by atoms with Gasteiger partial charge in [0.25, 0.3) is 0 Å². The molecule has 0 bridgehead atoms. The first-order valence-electron chi connectivity index (χ1n) is 9.11. The van der Waals surface area contributed by atoms with E-state index >= 15 is 0 Å². The van der Waals surface area contributed by atoms with Crippen molar-refractivity contribution in [1.29, 1.82) is 0 Å². The van der Waals surface area contributed by atoms with Crippen LogP contribution in [-0.2, 0) is 27.3 Å². The maximum absolute atomic E-state index is 12.2. The summed E-state index contributed by atoms with van der Waals surface area (Å²) in [5.41, 5.74) is 3.12. The van der Waals surface area contributed by atoms with Gasteiger partial charge < -0.3 is 20.1 Å². The zero-order valence-electron chi connectivity index (χ0n) is 14.9. The van der Waals surface area contributed by atoms with E-state index in [1.165, 1.54) is 5.56 Å². The molecule has 5 nitrogen and oxygen atoms in total. The molecule has 26 heavy (non-hydrogen) atoms. The van der Waals surface area contributed by atoms with E-state index in [1.807, 2.05) is 42.5 Å². The van der Waals surface area contributed by atoms with Gasteiger partial charge >= 0.3 is 0 Å². The van der Waals surface area contributed by atoms with Crippen molar-refractivity contribution in [1.82, 2.24) is 5.32 Å². The summed E-state index contributed by atoms with van der Waals surface area (Å²) in [5, 5.41) is 6.24. The summed E-state index contributed by atoms with van der Waals surface area (Å²) < 4.78 is 11.1. The van der Waals surface area contributed by atoms with Gasteiger partial charge in [0, 0.05) is 24.7 Å². The predicted octanol–water partition coefficient (Wildman–Crippen LogP) is 2.76. The second-order valence-corrected chi connectivity index (χ2v) is 6.47. The summed E-state index contributed by atoms with van der Waals surface area (Å²) in [6, 6.07) is 18.2. The average molecular weight is 354 g/mol. The minimum atomic E-state index is -0.00449. The average Bonchev–Trinajstić information content (AvgIpc) is 2.67. The maximum Gasteiger partial charge on any atom is 0.226 e. The summed E-state index contributed by atoms with van der Waals surface area (Å²) in [6.45, 7) is 3.31. The molecule has 2 aromatic rings. The predicted molar refractivity (Wildman–Crippen MR) is 102 cm³/mol. The number of hydrogen-bond donors (Lipinski definition) is 2. The summed E-state index contributed by atoms with van der Waals surface area (Å²) in [4.78, 5) is 12.2. The van der Waals surface area contributed by atoms with Crippen molar-refractivity contribution in [2.45, 2.75) is 25.5 Å². The standard InChI is InChI=1S/C21H26N2O3/c24-21(14-20-16-26-12-10-22-20)23-19-8-4-7-18(13-19)15-25-11-9-17-5-2-1-3-6-17/h1-8,13,20,22H,9-12,14-16H2,(H,23,24). The van der Waals surface area contributed by atoms with Crippen LogP contribution in [0.1, 0.15) is 17.5 Å². The fourth-order valence-corrected chi connectivity index (χ4v) is 2.95. The molecule has 1 aliphatic heterocycles. The van der Waals surface area contributed by atoms with Crippen LogP contribution in [0.15, 0.2) is 54.6 Å². The highest BCUT2D eigenvalue weighted by atomic mass is 16.5. The summed E-state index contributed by atoms with van der Waals surface area (Å²) in [5.74, 6) is -0.00449. The lowest BCUT2D eigenvalue weighted by Crippen LogP contribution is -2.43. The highest BCUT2D eigenvalue weighted by Crippen LogP contribution is 2.13. The van der Waals surface area contributed by atoms with E-state index in [9.17, 15) is 4.79 Å². The van der Waals surface area contributed by atoms with Gasteiger partial charge in [0.05, 0.1) is 26.4 Å². The third-order valence-corrected chi connectivity index (χ3v) is 4.29. The quantitative estimate of drug-likeness (QED) is 0.716. The molecular weight excluding hydrogens is 328 g/mol. The zero-order chi connectivity index (χ0) is 18.0. The minimum absolute atomic E-state index is 0.00449. The molecule has 1 heterocycles. The van der Waals surface area contributed by atoms with E-state index in [0.29, 0.717) is 32.8 Å². The van der Waals surface area contributed by atoms with Crippen molar-refractivity contribution in [2.24, 2.45) is 0 Å². The molecule has 5 heteroatoms. The topological polar surface area (TPSA) is 59.6 Å². The van der Waals surface area contributed by atoms with Gasteiger partial charge in [0.2, 0.25) is 5.91 Å². The summed E-state index contributed by atoms with van der Waals surface area (Å²) in [7, 11) is 0. The van der Waals surface area contributed by atoms with Crippen molar-refractivity contribution in [3.8, 4) is 0 Å². The zero-order valence-corrected chi connectivity index (χ0v) is 14.9. The molecule has 0 aliphatic carbocycles. The van der Waals surface area contributed by atoms with E-state index in [0.717, 1.165) is 24.2 Å². The lowest BCUT2D eigenvalue weighted by molar-refractivity contribution is -0.117. The second kappa shape index (κ2) is 10.1. The Morgan fingerprint density at radius 1 is 1.15 bits per heavy atom.